The molecule has 29 heavy (non-hydrogen) atoms. The number of rotatable bonds is 8. The van der Waals surface area contributed by atoms with Crippen LogP contribution in [0.4, 0.5) is 4.39 Å². The average Bonchev–Trinajstić information content (AvgIpc) is 2.72. The minimum Gasteiger partial charge on any atom is -0.488 e. The van der Waals surface area contributed by atoms with E-state index in [4.69, 9.17) is 4.74 Å². The average molecular weight is 390 g/mol. The van der Waals surface area contributed by atoms with Crippen molar-refractivity contribution in [2.45, 2.75) is 46.1 Å². The molecule has 0 saturated heterocycles. The molecular weight excluding hydrogens is 363 g/mol. The number of ketones is 1. The summed E-state index contributed by atoms with van der Waals surface area (Å²) in [5.74, 6) is 0.720. The predicted molar refractivity (Wildman–Crippen MR) is 115 cm³/mol. The molecule has 3 heteroatoms. The van der Waals surface area contributed by atoms with Crippen LogP contribution in [0.25, 0.3) is 0 Å². The quantitative estimate of drug-likeness (QED) is 0.402. The van der Waals surface area contributed by atoms with E-state index >= 15 is 0 Å². The van der Waals surface area contributed by atoms with E-state index in [0.717, 1.165) is 22.3 Å². The van der Waals surface area contributed by atoms with Gasteiger partial charge in [-0.3, -0.25) is 4.79 Å². The molecule has 0 atom stereocenters. The highest BCUT2D eigenvalue weighted by Gasteiger charge is 2.17. The Morgan fingerprint density at radius 3 is 2.31 bits per heavy atom. The van der Waals surface area contributed by atoms with Gasteiger partial charge in [0.2, 0.25) is 0 Å². The highest BCUT2D eigenvalue weighted by Crippen LogP contribution is 2.30. The van der Waals surface area contributed by atoms with Crippen molar-refractivity contribution >= 4 is 5.78 Å². The van der Waals surface area contributed by atoms with Crippen LogP contribution in [0.5, 0.6) is 5.75 Å². The highest BCUT2D eigenvalue weighted by atomic mass is 19.1. The molecule has 0 aliphatic heterocycles. The molecule has 150 valence electrons. The lowest BCUT2D eigenvalue weighted by Gasteiger charge is -2.17. The van der Waals surface area contributed by atoms with Crippen molar-refractivity contribution in [3.05, 3.63) is 100 Å². The van der Waals surface area contributed by atoms with E-state index in [9.17, 15) is 9.18 Å². The first-order chi connectivity index (χ1) is 13.9. The summed E-state index contributed by atoms with van der Waals surface area (Å²) in [5.41, 5.74) is 4.91. The number of carbonyl (C=O) groups is 1. The Labute approximate surface area is 172 Å². The summed E-state index contributed by atoms with van der Waals surface area (Å²) < 4.78 is 19.2. The monoisotopic (exact) mass is 390 g/mol. The van der Waals surface area contributed by atoms with Gasteiger partial charge in [0.05, 0.1) is 5.56 Å². The maximum Gasteiger partial charge on any atom is 0.166 e. The number of hydrogen-bond acceptors (Lipinski definition) is 2. The third kappa shape index (κ3) is 5.54. The molecule has 0 aliphatic carbocycles. The molecule has 2 nitrogen and oxygen atoms in total. The van der Waals surface area contributed by atoms with Crippen molar-refractivity contribution in [3.63, 3.8) is 0 Å². The van der Waals surface area contributed by atoms with Crippen molar-refractivity contribution in [1.29, 1.82) is 0 Å². The summed E-state index contributed by atoms with van der Waals surface area (Å²) >= 11 is 0. The zero-order chi connectivity index (χ0) is 20.8. The van der Waals surface area contributed by atoms with Crippen molar-refractivity contribution < 1.29 is 13.9 Å². The minimum atomic E-state index is -0.267. The molecule has 0 unspecified atom stereocenters. The van der Waals surface area contributed by atoms with Gasteiger partial charge in [-0.1, -0.05) is 56.3 Å². The summed E-state index contributed by atoms with van der Waals surface area (Å²) in [4.78, 5) is 13.0. The summed E-state index contributed by atoms with van der Waals surface area (Å²) in [6.45, 7) is 6.72. The number of Topliss-reactive ketones (excluding diaryl/α,β-unsaturated/α-hetero) is 1. The van der Waals surface area contributed by atoms with Crippen LogP contribution in [0.3, 0.4) is 0 Å². The maximum absolute atomic E-state index is 13.1. The number of benzene rings is 3. The predicted octanol–water partition coefficient (Wildman–Crippen LogP) is 6.65. The van der Waals surface area contributed by atoms with Crippen molar-refractivity contribution in [2.24, 2.45) is 0 Å². The van der Waals surface area contributed by atoms with E-state index in [1.54, 1.807) is 12.1 Å². The second-order valence-corrected chi connectivity index (χ2v) is 7.68. The van der Waals surface area contributed by atoms with E-state index in [0.29, 0.717) is 36.7 Å². The van der Waals surface area contributed by atoms with Crippen LogP contribution < -0.4 is 4.74 Å². The van der Waals surface area contributed by atoms with Gasteiger partial charge in [-0.25, -0.2) is 4.39 Å². The van der Waals surface area contributed by atoms with Gasteiger partial charge in [0.1, 0.15) is 18.2 Å². The van der Waals surface area contributed by atoms with Crippen LogP contribution in [0, 0.1) is 12.7 Å². The van der Waals surface area contributed by atoms with Gasteiger partial charge in [-0.2, -0.15) is 0 Å². The lowest BCUT2D eigenvalue weighted by atomic mass is 9.92. The zero-order valence-electron chi connectivity index (χ0n) is 17.2. The maximum atomic E-state index is 13.1. The normalized spacial score (nSPS) is 10.9. The Bertz CT molecular complexity index is 960. The lowest BCUT2D eigenvalue weighted by Crippen LogP contribution is -2.08. The summed E-state index contributed by atoms with van der Waals surface area (Å²) in [7, 11) is 0. The molecule has 3 aromatic rings. The van der Waals surface area contributed by atoms with E-state index < -0.39 is 0 Å². The minimum absolute atomic E-state index is 0.0410. The van der Waals surface area contributed by atoms with Crippen LogP contribution >= 0.6 is 0 Å². The molecule has 0 saturated carbocycles. The number of aryl methyl sites for hydroxylation is 2. The fourth-order valence-corrected chi connectivity index (χ4v) is 3.44. The van der Waals surface area contributed by atoms with Gasteiger partial charge in [0.25, 0.3) is 0 Å². The van der Waals surface area contributed by atoms with Crippen LogP contribution in [0.2, 0.25) is 0 Å². The molecule has 0 amide bonds. The molecular formula is C26H27FO2. The largest absolute Gasteiger partial charge is 0.488 e. The third-order valence-corrected chi connectivity index (χ3v) is 5.08. The molecule has 0 N–H and O–H groups in total. The van der Waals surface area contributed by atoms with Gasteiger partial charge >= 0.3 is 0 Å². The van der Waals surface area contributed by atoms with E-state index in [1.165, 1.54) is 12.1 Å². The van der Waals surface area contributed by atoms with Gasteiger partial charge < -0.3 is 4.74 Å². The van der Waals surface area contributed by atoms with Crippen LogP contribution in [0.1, 0.15) is 58.8 Å². The zero-order valence-corrected chi connectivity index (χ0v) is 17.2. The smallest absolute Gasteiger partial charge is 0.166 e. The van der Waals surface area contributed by atoms with Crippen molar-refractivity contribution in [2.75, 3.05) is 0 Å². The Morgan fingerprint density at radius 1 is 0.966 bits per heavy atom. The van der Waals surface area contributed by atoms with Crippen molar-refractivity contribution in [3.8, 4) is 5.75 Å². The van der Waals surface area contributed by atoms with Gasteiger partial charge in [-0.05, 0) is 65.8 Å². The Morgan fingerprint density at radius 2 is 1.66 bits per heavy atom. The molecule has 0 radical (unpaired) electrons. The lowest BCUT2D eigenvalue weighted by molar-refractivity contribution is 0.0978. The first kappa shape index (κ1) is 20.8. The second kappa shape index (κ2) is 9.51. The molecule has 0 heterocycles. The summed E-state index contributed by atoms with van der Waals surface area (Å²) in [5, 5.41) is 0. The molecule has 0 bridgehead atoms. The van der Waals surface area contributed by atoms with Gasteiger partial charge in [-0.15, -0.1) is 0 Å². The van der Waals surface area contributed by atoms with Crippen molar-refractivity contribution in [1.82, 2.24) is 0 Å². The van der Waals surface area contributed by atoms with Crippen LogP contribution in [-0.2, 0) is 13.0 Å². The molecule has 3 aromatic carbocycles. The Kier molecular flexibility index (Phi) is 6.82. The molecule has 3 rings (SSSR count). The number of ether oxygens (including phenoxy) is 1. The number of hydrogen-bond donors (Lipinski definition) is 0. The summed E-state index contributed by atoms with van der Waals surface area (Å²) in [6.07, 6.45) is 0.927. The fourth-order valence-electron chi connectivity index (χ4n) is 3.44. The topological polar surface area (TPSA) is 26.3 Å². The van der Waals surface area contributed by atoms with Crippen LogP contribution in [-0.4, -0.2) is 5.78 Å². The van der Waals surface area contributed by atoms with E-state index in [1.807, 2.05) is 42.5 Å². The number of halogens is 1. The highest BCUT2D eigenvalue weighted by molar-refractivity contribution is 5.99. The fraction of sp³-hybridized carbons (Fsp3) is 0.269. The SMILES string of the molecule is Cc1cc(OCc2ccccc2)c(C(=O)CCc2ccc(F)cc2)cc1C(C)C. The molecule has 0 spiro atoms. The molecule has 0 fully saturated rings. The van der Waals surface area contributed by atoms with E-state index in [2.05, 4.69) is 20.8 Å². The van der Waals surface area contributed by atoms with Gasteiger partial charge in [0, 0.05) is 6.42 Å². The standard InChI is InChI=1S/C26H27FO2/c1-18(2)23-16-24(25(28)14-11-20-9-12-22(27)13-10-20)26(15-19(23)3)29-17-21-7-5-4-6-8-21/h4-10,12-13,15-16,18H,11,14,17H2,1-3H3. The first-order valence-corrected chi connectivity index (χ1v) is 10.0. The first-order valence-electron chi connectivity index (χ1n) is 10.0. The Balaban J connectivity index is 1.82. The van der Waals surface area contributed by atoms with Gasteiger partial charge in [0.15, 0.2) is 5.78 Å². The van der Waals surface area contributed by atoms with Crippen LogP contribution in [0.15, 0.2) is 66.7 Å². The second-order valence-electron chi connectivity index (χ2n) is 7.68. The number of carbonyl (C=O) groups excluding carboxylic acids is 1. The molecule has 0 aliphatic rings. The summed E-state index contributed by atoms with van der Waals surface area (Å²) in [6, 6.07) is 20.2. The molecule has 0 aromatic heterocycles. The third-order valence-electron chi connectivity index (χ3n) is 5.08. The Hall–Kier alpha value is -2.94. The van der Waals surface area contributed by atoms with E-state index in [-0.39, 0.29) is 11.6 Å².